The normalized spacial score (nSPS) is 14.8. The molecular weight excluding hydrogens is 476 g/mol. The van der Waals surface area contributed by atoms with Gasteiger partial charge in [0.15, 0.2) is 0 Å². The van der Waals surface area contributed by atoms with Gasteiger partial charge in [-0.2, -0.15) is 0 Å². The second-order valence-corrected chi connectivity index (χ2v) is 8.96. The van der Waals surface area contributed by atoms with Gasteiger partial charge in [-0.3, -0.25) is 24.1 Å². The van der Waals surface area contributed by atoms with Crippen LogP contribution in [-0.2, 0) is 11.2 Å². The summed E-state index contributed by atoms with van der Waals surface area (Å²) in [5, 5.41) is 18.5. The third kappa shape index (κ3) is 4.21. The average Bonchev–Trinajstić information content (AvgIpc) is 2.91. The molecule has 2 heterocycles. The maximum atomic E-state index is 13.5. The molecule has 0 unspecified atom stereocenters. The quantitative estimate of drug-likeness (QED) is 0.323. The lowest BCUT2D eigenvalue weighted by molar-refractivity contribution is 0.0477. The fraction of sp³-hybridized carbons (Fsp3) is 0.286. The molecule has 2 N–H and O–H groups in total. The molecule has 0 fully saturated rings. The second kappa shape index (κ2) is 10.2. The van der Waals surface area contributed by atoms with Crippen molar-refractivity contribution in [2.45, 2.75) is 19.3 Å². The Morgan fingerprint density at radius 3 is 1.68 bits per heavy atom. The number of ether oxygens (including phenoxy) is 1. The minimum atomic E-state index is -0.520. The number of amides is 4. The van der Waals surface area contributed by atoms with Crippen molar-refractivity contribution < 1.29 is 34.1 Å². The van der Waals surface area contributed by atoms with Crippen molar-refractivity contribution in [1.29, 1.82) is 0 Å². The largest absolute Gasteiger partial charge is 0.396 e. The van der Waals surface area contributed by atoms with Crippen molar-refractivity contribution in [3.8, 4) is 0 Å². The van der Waals surface area contributed by atoms with Gasteiger partial charge in [0.25, 0.3) is 23.6 Å². The number of aliphatic hydroxyl groups excluding tert-OH is 2. The van der Waals surface area contributed by atoms with E-state index in [1.54, 1.807) is 12.1 Å². The summed E-state index contributed by atoms with van der Waals surface area (Å²) in [6.45, 7) is 0.172. The van der Waals surface area contributed by atoms with Crippen molar-refractivity contribution >= 4 is 40.1 Å². The number of anilines is 1. The summed E-state index contributed by atoms with van der Waals surface area (Å²) in [6.07, 6.45) is 2.32. The van der Waals surface area contributed by atoms with E-state index in [0.29, 0.717) is 22.9 Å². The monoisotopic (exact) mass is 502 g/mol. The molecule has 0 aromatic heterocycles. The Morgan fingerprint density at radius 1 is 0.622 bits per heavy atom. The summed E-state index contributed by atoms with van der Waals surface area (Å²) in [5.41, 5.74) is 2.47. The van der Waals surface area contributed by atoms with Gasteiger partial charge in [-0.15, -0.1) is 0 Å². The molecule has 5 rings (SSSR count). The first kappa shape index (κ1) is 24.8. The lowest BCUT2D eigenvalue weighted by Gasteiger charge is -2.32. The third-order valence-corrected chi connectivity index (χ3v) is 6.74. The van der Waals surface area contributed by atoms with Crippen molar-refractivity contribution in [2.24, 2.45) is 0 Å². The van der Waals surface area contributed by atoms with Crippen LogP contribution in [0, 0.1) is 0 Å². The standard InChI is InChI=1S/C28H26N2O7/c31-13-2-1-3-17-4-6-18(7-5-17)30-27(35)21-10-8-19-23-20(9-11-22(24(21)23)28(30)36)26(34)29(25(19)33)12-15-37-16-14-32/h4-11,31-32H,1-3,12-16H2. The predicted molar refractivity (Wildman–Crippen MR) is 135 cm³/mol. The van der Waals surface area contributed by atoms with E-state index < -0.39 is 23.6 Å². The van der Waals surface area contributed by atoms with Gasteiger partial charge in [0.2, 0.25) is 0 Å². The molecule has 0 spiro atoms. The molecule has 9 nitrogen and oxygen atoms in total. The SMILES string of the molecule is O=C1c2ccc3c4c(ccc(c24)C(=O)N1CCOCCO)C(=O)N(c1ccc(CCCCO)cc1)C3=O. The number of aliphatic hydroxyl groups is 2. The third-order valence-electron chi connectivity index (χ3n) is 6.74. The van der Waals surface area contributed by atoms with Crippen LogP contribution < -0.4 is 4.90 Å². The van der Waals surface area contributed by atoms with Crippen LogP contribution in [0.2, 0.25) is 0 Å². The van der Waals surface area contributed by atoms with Crippen molar-refractivity contribution in [3.63, 3.8) is 0 Å². The van der Waals surface area contributed by atoms with E-state index in [0.717, 1.165) is 28.2 Å². The summed E-state index contributed by atoms with van der Waals surface area (Å²) in [7, 11) is 0. The van der Waals surface area contributed by atoms with Crippen LogP contribution in [0.5, 0.6) is 0 Å². The van der Waals surface area contributed by atoms with Gasteiger partial charge in [-0.25, -0.2) is 4.90 Å². The zero-order valence-corrected chi connectivity index (χ0v) is 20.1. The molecule has 2 aliphatic rings. The Hall–Kier alpha value is -3.92. The van der Waals surface area contributed by atoms with Gasteiger partial charge in [-0.05, 0) is 61.2 Å². The van der Waals surface area contributed by atoms with E-state index in [2.05, 4.69) is 0 Å². The number of imide groups is 2. The Balaban J connectivity index is 1.50. The molecule has 0 radical (unpaired) electrons. The molecule has 37 heavy (non-hydrogen) atoms. The molecule has 2 aliphatic heterocycles. The summed E-state index contributed by atoms with van der Waals surface area (Å²) < 4.78 is 5.22. The van der Waals surface area contributed by atoms with Crippen LogP contribution in [0.1, 0.15) is 59.8 Å². The summed E-state index contributed by atoms with van der Waals surface area (Å²) in [5.74, 6) is -2.08. The number of unbranched alkanes of at least 4 members (excludes halogenated alkanes) is 1. The summed E-state index contributed by atoms with van der Waals surface area (Å²) in [6, 6.07) is 13.3. The lowest BCUT2D eigenvalue weighted by Crippen LogP contribution is -2.44. The second-order valence-electron chi connectivity index (χ2n) is 8.96. The lowest BCUT2D eigenvalue weighted by atomic mass is 9.85. The number of aryl methyl sites for hydroxylation is 1. The van der Waals surface area contributed by atoms with Crippen LogP contribution in [0.25, 0.3) is 10.8 Å². The number of carbonyl (C=O) groups is 4. The highest BCUT2D eigenvalue weighted by atomic mass is 16.5. The van der Waals surface area contributed by atoms with E-state index >= 15 is 0 Å². The van der Waals surface area contributed by atoms with Crippen molar-refractivity contribution in [1.82, 2.24) is 4.90 Å². The Morgan fingerprint density at radius 2 is 1.16 bits per heavy atom. The molecule has 190 valence electrons. The molecule has 3 aromatic rings. The van der Waals surface area contributed by atoms with Gasteiger partial charge in [0.1, 0.15) is 0 Å². The van der Waals surface area contributed by atoms with Gasteiger partial charge in [-0.1, -0.05) is 12.1 Å². The maximum Gasteiger partial charge on any atom is 0.265 e. The number of benzene rings is 3. The highest BCUT2D eigenvalue weighted by Gasteiger charge is 2.40. The first-order valence-corrected chi connectivity index (χ1v) is 12.2. The molecule has 0 saturated heterocycles. The Kier molecular flexibility index (Phi) is 6.84. The van der Waals surface area contributed by atoms with Gasteiger partial charge in [0, 0.05) is 39.6 Å². The molecule has 0 aliphatic carbocycles. The highest BCUT2D eigenvalue weighted by Crippen LogP contribution is 2.39. The molecule has 3 aromatic carbocycles. The summed E-state index contributed by atoms with van der Waals surface area (Å²) >= 11 is 0. The Labute approximate surface area is 212 Å². The molecule has 0 atom stereocenters. The predicted octanol–water partition coefficient (Wildman–Crippen LogP) is 2.56. The molecule has 0 bridgehead atoms. The number of nitrogens with zero attached hydrogens (tertiary/aromatic N) is 2. The smallest absolute Gasteiger partial charge is 0.265 e. The van der Waals surface area contributed by atoms with Crippen LogP contribution in [-0.4, -0.2) is 71.7 Å². The number of rotatable bonds is 10. The highest BCUT2D eigenvalue weighted by molar-refractivity contribution is 6.39. The summed E-state index contributed by atoms with van der Waals surface area (Å²) in [4.78, 5) is 55.6. The number of carbonyl (C=O) groups excluding carboxylic acids is 4. The molecular formula is C28H26N2O7. The number of hydrogen-bond donors (Lipinski definition) is 2. The van der Waals surface area contributed by atoms with E-state index in [1.807, 2.05) is 12.1 Å². The van der Waals surface area contributed by atoms with E-state index in [4.69, 9.17) is 14.9 Å². The average molecular weight is 503 g/mol. The van der Waals surface area contributed by atoms with Crippen LogP contribution in [0.3, 0.4) is 0 Å². The Bertz CT molecular complexity index is 1340. The van der Waals surface area contributed by atoms with Crippen LogP contribution in [0.15, 0.2) is 48.5 Å². The fourth-order valence-electron chi connectivity index (χ4n) is 4.94. The minimum absolute atomic E-state index is 0.0176. The van der Waals surface area contributed by atoms with Crippen LogP contribution >= 0.6 is 0 Å². The van der Waals surface area contributed by atoms with E-state index in [9.17, 15) is 19.2 Å². The first-order chi connectivity index (χ1) is 18.0. The van der Waals surface area contributed by atoms with Crippen molar-refractivity contribution in [2.75, 3.05) is 37.9 Å². The van der Waals surface area contributed by atoms with Gasteiger partial charge < -0.3 is 14.9 Å². The van der Waals surface area contributed by atoms with E-state index in [-0.39, 0.29) is 55.2 Å². The number of hydrogen-bond acceptors (Lipinski definition) is 7. The zero-order valence-electron chi connectivity index (χ0n) is 20.1. The molecule has 4 amide bonds. The van der Waals surface area contributed by atoms with Crippen LogP contribution in [0.4, 0.5) is 5.69 Å². The van der Waals surface area contributed by atoms with Crippen molar-refractivity contribution in [3.05, 3.63) is 76.3 Å². The molecule has 0 saturated carbocycles. The minimum Gasteiger partial charge on any atom is -0.396 e. The molecule has 9 heteroatoms. The van der Waals surface area contributed by atoms with Gasteiger partial charge >= 0.3 is 0 Å². The fourth-order valence-corrected chi connectivity index (χ4v) is 4.94. The maximum absolute atomic E-state index is 13.5. The topological polar surface area (TPSA) is 124 Å². The zero-order chi connectivity index (χ0) is 26.1. The van der Waals surface area contributed by atoms with E-state index in [1.165, 1.54) is 24.3 Å². The first-order valence-electron chi connectivity index (χ1n) is 12.2. The van der Waals surface area contributed by atoms with Gasteiger partial charge in [0.05, 0.1) is 32.1 Å².